The summed E-state index contributed by atoms with van der Waals surface area (Å²) in [4.78, 5) is 14.6. The van der Waals surface area contributed by atoms with Gasteiger partial charge in [-0.05, 0) is 44.9 Å². The van der Waals surface area contributed by atoms with Crippen LogP contribution in [0.2, 0.25) is 5.02 Å². The Bertz CT molecular complexity index is 732. The quantitative estimate of drug-likeness (QED) is 0.455. The van der Waals surface area contributed by atoms with E-state index >= 15 is 0 Å². The van der Waals surface area contributed by atoms with E-state index in [0.29, 0.717) is 15.9 Å². The standard InChI is InChI=1S/C19H27ClN4OS/c1-5-6-7-10-23(14(2)3)18(25)12-26-19-22-21-13-24(19)16-9-8-15(4)17(20)11-16/h8-9,11,13-14H,5-7,10,12H2,1-4H3. The van der Waals surface area contributed by atoms with E-state index in [1.54, 1.807) is 6.33 Å². The van der Waals surface area contributed by atoms with Gasteiger partial charge in [-0.1, -0.05) is 49.2 Å². The molecule has 0 aliphatic carbocycles. The fraction of sp³-hybridized carbons (Fsp3) is 0.526. The highest BCUT2D eigenvalue weighted by Crippen LogP contribution is 2.24. The van der Waals surface area contributed by atoms with Crippen LogP contribution < -0.4 is 0 Å². The summed E-state index contributed by atoms with van der Waals surface area (Å²) in [6.07, 6.45) is 4.99. The normalized spacial score (nSPS) is 11.2. The van der Waals surface area contributed by atoms with Crippen LogP contribution in [0.1, 0.15) is 45.6 Å². The molecular formula is C19H27ClN4OS. The number of carbonyl (C=O) groups is 1. The number of aromatic nitrogens is 3. The lowest BCUT2D eigenvalue weighted by molar-refractivity contribution is -0.130. The second-order valence-electron chi connectivity index (χ2n) is 6.59. The van der Waals surface area contributed by atoms with E-state index in [1.165, 1.54) is 11.8 Å². The second kappa shape index (κ2) is 9.97. The highest BCUT2D eigenvalue weighted by atomic mass is 35.5. The van der Waals surface area contributed by atoms with Crippen molar-refractivity contribution in [3.8, 4) is 5.69 Å². The summed E-state index contributed by atoms with van der Waals surface area (Å²) in [6.45, 7) is 9.06. The Morgan fingerprint density at radius 1 is 1.35 bits per heavy atom. The van der Waals surface area contributed by atoms with Crippen LogP contribution in [0.15, 0.2) is 29.7 Å². The molecule has 1 aromatic carbocycles. The SMILES string of the molecule is CCCCCN(C(=O)CSc1nncn1-c1ccc(C)c(Cl)c1)C(C)C. The Morgan fingerprint density at radius 3 is 2.77 bits per heavy atom. The molecule has 0 unspecified atom stereocenters. The smallest absolute Gasteiger partial charge is 0.233 e. The zero-order valence-electron chi connectivity index (χ0n) is 15.9. The minimum absolute atomic E-state index is 0.137. The average Bonchev–Trinajstić information content (AvgIpc) is 3.07. The number of amides is 1. The first-order valence-corrected chi connectivity index (χ1v) is 10.4. The number of unbranched alkanes of at least 4 members (excludes halogenated alkanes) is 2. The van der Waals surface area contributed by atoms with Gasteiger partial charge in [0, 0.05) is 17.6 Å². The molecule has 5 nitrogen and oxygen atoms in total. The minimum atomic E-state index is 0.137. The first kappa shape index (κ1) is 20.8. The van der Waals surface area contributed by atoms with Crippen molar-refractivity contribution in [2.45, 2.75) is 58.2 Å². The maximum atomic E-state index is 12.6. The molecule has 0 atom stereocenters. The number of rotatable bonds is 9. The van der Waals surface area contributed by atoms with E-state index in [9.17, 15) is 4.79 Å². The molecular weight excluding hydrogens is 368 g/mol. The van der Waals surface area contributed by atoms with Crippen molar-refractivity contribution in [2.24, 2.45) is 0 Å². The lowest BCUT2D eigenvalue weighted by Crippen LogP contribution is -2.38. The van der Waals surface area contributed by atoms with E-state index in [-0.39, 0.29) is 11.9 Å². The minimum Gasteiger partial charge on any atom is -0.340 e. The van der Waals surface area contributed by atoms with Gasteiger partial charge < -0.3 is 4.90 Å². The maximum Gasteiger partial charge on any atom is 0.233 e. The molecule has 0 saturated carbocycles. The molecule has 0 fully saturated rings. The number of carbonyl (C=O) groups excluding carboxylic acids is 1. The maximum absolute atomic E-state index is 12.6. The van der Waals surface area contributed by atoms with Gasteiger partial charge in [0.15, 0.2) is 5.16 Å². The first-order valence-electron chi connectivity index (χ1n) is 9.02. The Morgan fingerprint density at radius 2 is 2.12 bits per heavy atom. The number of hydrogen-bond donors (Lipinski definition) is 0. The molecule has 0 bridgehead atoms. The molecule has 1 amide bonds. The lowest BCUT2D eigenvalue weighted by atomic mass is 10.2. The van der Waals surface area contributed by atoms with E-state index in [4.69, 9.17) is 11.6 Å². The van der Waals surface area contributed by atoms with Crippen molar-refractivity contribution in [3.05, 3.63) is 35.1 Å². The van der Waals surface area contributed by atoms with Gasteiger partial charge in [0.05, 0.1) is 11.4 Å². The second-order valence-corrected chi connectivity index (χ2v) is 7.94. The number of aryl methyl sites for hydroxylation is 1. The van der Waals surface area contributed by atoms with Crippen LogP contribution in [0.4, 0.5) is 0 Å². The molecule has 0 aliphatic heterocycles. The van der Waals surface area contributed by atoms with Gasteiger partial charge in [0.2, 0.25) is 5.91 Å². The van der Waals surface area contributed by atoms with Crippen molar-refractivity contribution in [2.75, 3.05) is 12.3 Å². The molecule has 2 aromatic rings. The summed E-state index contributed by atoms with van der Waals surface area (Å²) in [7, 11) is 0. The third kappa shape index (κ3) is 5.48. The average molecular weight is 395 g/mol. The first-order chi connectivity index (χ1) is 12.4. The van der Waals surface area contributed by atoms with Crippen LogP contribution in [0, 0.1) is 6.92 Å². The molecule has 1 aromatic heterocycles. The summed E-state index contributed by atoms with van der Waals surface area (Å²) >= 11 is 7.63. The van der Waals surface area contributed by atoms with Crippen molar-refractivity contribution in [1.82, 2.24) is 19.7 Å². The number of halogens is 1. The number of hydrogen-bond acceptors (Lipinski definition) is 4. The summed E-state index contributed by atoms with van der Waals surface area (Å²) in [5.41, 5.74) is 1.91. The third-order valence-corrected chi connectivity index (χ3v) is 5.56. The summed E-state index contributed by atoms with van der Waals surface area (Å²) in [5.74, 6) is 0.486. The van der Waals surface area contributed by atoms with Gasteiger partial charge in [0.25, 0.3) is 0 Å². The topological polar surface area (TPSA) is 51.0 Å². The number of nitrogens with zero attached hydrogens (tertiary/aromatic N) is 4. The fourth-order valence-corrected chi connectivity index (χ4v) is 3.63. The highest BCUT2D eigenvalue weighted by Gasteiger charge is 2.18. The Balaban J connectivity index is 2.04. The van der Waals surface area contributed by atoms with Crippen LogP contribution in [-0.4, -0.2) is 43.9 Å². The van der Waals surface area contributed by atoms with Crippen molar-refractivity contribution in [3.63, 3.8) is 0 Å². The molecule has 0 N–H and O–H groups in total. The predicted molar refractivity (Wildman–Crippen MR) is 108 cm³/mol. The van der Waals surface area contributed by atoms with Gasteiger partial charge in [-0.25, -0.2) is 0 Å². The predicted octanol–water partition coefficient (Wildman–Crippen LogP) is 4.75. The molecule has 26 heavy (non-hydrogen) atoms. The van der Waals surface area contributed by atoms with Gasteiger partial charge in [0.1, 0.15) is 6.33 Å². The molecule has 2 rings (SSSR count). The molecule has 0 radical (unpaired) electrons. The van der Waals surface area contributed by atoms with Gasteiger partial charge in [-0.15, -0.1) is 10.2 Å². The molecule has 1 heterocycles. The lowest BCUT2D eigenvalue weighted by Gasteiger charge is -2.26. The van der Waals surface area contributed by atoms with E-state index in [0.717, 1.165) is 37.1 Å². The van der Waals surface area contributed by atoms with Crippen molar-refractivity contribution >= 4 is 29.3 Å². The van der Waals surface area contributed by atoms with Gasteiger partial charge >= 0.3 is 0 Å². The Kier molecular flexibility index (Phi) is 7.97. The van der Waals surface area contributed by atoms with Gasteiger partial charge in [-0.3, -0.25) is 9.36 Å². The monoisotopic (exact) mass is 394 g/mol. The van der Waals surface area contributed by atoms with Crippen LogP contribution >= 0.6 is 23.4 Å². The van der Waals surface area contributed by atoms with Gasteiger partial charge in [-0.2, -0.15) is 0 Å². The molecule has 0 spiro atoms. The van der Waals surface area contributed by atoms with E-state index < -0.39 is 0 Å². The summed E-state index contributed by atoms with van der Waals surface area (Å²) < 4.78 is 1.86. The van der Waals surface area contributed by atoms with Crippen LogP contribution in [-0.2, 0) is 4.79 Å². The fourth-order valence-electron chi connectivity index (χ4n) is 2.64. The number of thioether (sulfide) groups is 1. The summed E-state index contributed by atoms with van der Waals surface area (Å²) in [5, 5.41) is 9.54. The largest absolute Gasteiger partial charge is 0.340 e. The van der Waals surface area contributed by atoms with E-state index in [1.807, 2.05) is 34.6 Å². The van der Waals surface area contributed by atoms with Crippen LogP contribution in [0.3, 0.4) is 0 Å². The number of benzene rings is 1. The van der Waals surface area contributed by atoms with Crippen LogP contribution in [0.25, 0.3) is 5.69 Å². The zero-order chi connectivity index (χ0) is 19.1. The third-order valence-electron chi connectivity index (χ3n) is 4.22. The summed E-state index contributed by atoms with van der Waals surface area (Å²) in [6, 6.07) is 6.03. The van der Waals surface area contributed by atoms with E-state index in [2.05, 4.69) is 31.0 Å². The zero-order valence-corrected chi connectivity index (χ0v) is 17.5. The molecule has 0 aliphatic rings. The van der Waals surface area contributed by atoms with Crippen molar-refractivity contribution in [1.29, 1.82) is 0 Å². The van der Waals surface area contributed by atoms with Crippen LogP contribution in [0.5, 0.6) is 0 Å². The highest BCUT2D eigenvalue weighted by molar-refractivity contribution is 7.99. The Labute approximate surface area is 165 Å². The molecule has 142 valence electrons. The Hall–Kier alpha value is -1.53. The van der Waals surface area contributed by atoms with Crippen molar-refractivity contribution < 1.29 is 4.79 Å². The molecule has 7 heteroatoms. The molecule has 0 saturated heterocycles.